The summed E-state index contributed by atoms with van der Waals surface area (Å²) in [7, 11) is -13.9. The van der Waals surface area contributed by atoms with Crippen LogP contribution in [0.15, 0.2) is 37.4 Å². The maximum Gasteiger partial charge on any atom is 0.353 e. The fraction of sp³-hybridized carbons (Fsp3) is 0.400. The van der Waals surface area contributed by atoms with Crippen LogP contribution < -0.4 is 0 Å². The van der Waals surface area contributed by atoms with Gasteiger partial charge < -0.3 is 38.9 Å². The van der Waals surface area contributed by atoms with E-state index in [0.29, 0.717) is 0 Å². The van der Waals surface area contributed by atoms with E-state index < -0.39 is 47.6 Å². The first-order valence-electron chi connectivity index (χ1n) is 7.20. The quantitative estimate of drug-likeness (QED) is 0.188. The molecule has 0 aromatic carbocycles. The van der Waals surface area contributed by atoms with Gasteiger partial charge in [-0.25, -0.2) is 9.97 Å². The molecule has 0 radical (unpaired) electrons. The lowest BCUT2D eigenvalue weighted by Gasteiger charge is -2.26. The average Bonchev–Trinajstić information content (AvgIpc) is 3.17. The molecule has 0 aliphatic heterocycles. The number of aliphatic hydroxyl groups is 2. The lowest BCUT2D eigenvalue weighted by Crippen LogP contribution is -2.27. The second kappa shape index (κ2) is 9.08. The first-order valence-corrected chi connectivity index (χ1v) is 11.8. The van der Waals surface area contributed by atoms with Gasteiger partial charge in [0.05, 0.1) is 12.7 Å². The molecule has 4 unspecified atom stereocenters. The fourth-order valence-electron chi connectivity index (χ4n) is 2.17. The monoisotopic (exact) mass is 462 g/mol. The van der Waals surface area contributed by atoms with E-state index in [0.717, 1.165) is 46.6 Å². The number of hydrogen-bond acceptors (Lipinski definition) is 9. The summed E-state index contributed by atoms with van der Waals surface area (Å²) in [6.07, 6.45) is 1.73. The minimum Gasteiger partial charge on any atom is -0.365 e. The van der Waals surface area contributed by atoms with Crippen LogP contribution in [0.2, 0.25) is 0 Å². The van der Waals surface area contributed by atoms with Gasteiger partial charge in [0.2, 0.25) is 0 Å². The van der Waals surface area contributed by atoms with Crippen molar-refractivity contribution in [3.63, 3.8) is 0 Å². The standard InChI is InChI=1S/C10H17N4O11P3/c15-9(7(27(18,19)20)13-3-1-11-5-13)24-26(17)25-10(16)8(28(21,22)23)14-4-2-12-6-14/h1-10,15-16,26H,(H2,18,19,20)(H2,21,22,23). The molecular weight excluding hydrogens is 445 g/mol. The number of aromatic nitrogens is 4. The van der Waals surface area contributed by atoms with Crippen LogP contribution in [0, 0.1) is 0 Å². The van der Waals surface area contributed by atoms with Crippen molar-refractivity contribution in [2.24, 2.45) is 0 Å². The summed E-state index contributed by atoms with van der Waals surface area (Å²) in [5.41, 5.74) is 0. The third-order valence-electron chi connectivity index (χ3n) is 3.29. The predicted octanol–water partition coefficient (Wildman–Crippen LogP) is -0.808. The van der Waals surface area contributed by atoms with Gasteiger partial charge in [-0.1, -0.05) is 0 Å². The third kappa shape index (κ3) is 5.89. The Morgan fingerprint density at radius 3 is 1.43 bits per heavy atom. The molecule has 28 heavy (non-hydrogen) atoms. The molecule has 2 heterocycles. The Kier molecular flexibility index (Phi) is 7.48. The zero-order valence-corrected chi connectivity index (χ0v) is 16.5. The molecule has 0 amide bonds. The summed E-state index contributed by atoms with van der Waals surface area (Å²) >= 11 is 0. The fourth-order valence-corrected chi connectivity index (χ4v) is 4.86. The summed E-state index contributed by atoms with van der Waals surface area (Å²) in [4.78, 5) is 44.6. The highest BCUT2D eigenvalue weighted by atomic mass is 31.2. The molecule has 0 fully saturated rings. The highest BCUT2D eigenvalue weighted by Crippen LogP contribution is 2.54. The van der Waals surface area contributed by atoms with Gasteiger partial charge in [0.15, 0.2) is 24.1 Å². The van der Waals surface area contributed by atoms with Crippen LogP contribution in [-0.2, 0) is 22.7 Å². The molecule has 0 spiro atoms. The second-order valence-corrected chi connectivity index (χ2v) is 9.68. The van der Waals surface area contributed by atoms with Gasteiger partial charge >= 0.3 is 23.4 Å². The van der Waals surface area contributed by atoms with Crippen molar-refractivity contribution in [1.82, 2.24) is 19.1 Å². The zero-order valence-electron chi connectivity index (χ0n) is 13.7. The first-order chi connectivity index (χ1) is 12.9. The van der Waals surface area contributed by atoms with Crippen LogP contribution in [-0.4, -0.2) is 61.5 Å². The van der Waals surface area contributed by atoms with Crippen molar-refractivity contribution in [2.75, 3.05) is 0 Å². The molecule has 2 rings (SSSR count). The van der Waals surface area contributed by atoms with Crippen LogP contribution in [0.25, 0.3) is 0 Å². The second-order valence-electron chi connectivity index (χ2n) is 5.29. The maximum absolute atomic E-state index is 11.9. The van der Waals surface area contributed by atoms with E-state index in [-0.39, 0.29) is 0 Å². The summed E-state index contributed by atoms with van der Waals surface area (Å²) in [6.45, 7) is 0. The largest absolute Gasteiger partial charge is 0.365 e. The molecule has 0 saturated heterocycles. The van der Waals surface area contributed by atoms with Gasteiger partial charge in [-0.15, -0.1) is 0 Å². The van der Waals surface area contributed by atoms with Gasteiger partial charge in [-0.3, -0.25) is 22.7 Å². The van der Waals surface area contributed by atoms with Crippen molar-refractivity contribution >= 4 is 23.4 Å². The molecule has 2 aromatic heterocycles. The molecule has 15 nitrogen and oxygen atoms in total. The summed E-state index contributed by atoms with van der Waals surface area (Å²) < 4.78 is 45.7. The van der Waals surface area contributed by atoms with Crippen LogP contribution >= 0.6 is 23.4 Å². The van der Waals surface area contributed by atoms with Crippen molar-refractivity contribution in [3.05, 3.63) is 37.4 Å². The van der Waals surface area contributed by atoms with Gasteiger partial charge in [0.1, 0.15) is 0 Å². The Morgan fingerprint density at radius 1 is 0.821 bits per heavy atom. The first kappa shape index (κ1) is 23.1. The molecule has 0 bridgehead atoms. The average molecular weight is 462 g/mol. The van der Waals surface area contributed by atoms with Crippen LogP contribution in [0.5, 0.6) is 0 Å². The van der Waals surface area contributed by atoms with Crippen molar-refractivity contribution in [3.8, 4) is 0 Å². The smallest absolute Gasteiger partial charge is 0.353 e. The van der Waals surface area contributed by atoms with Gasteiger partial charge in [0.25, 0.3) is 0 Å². The topological polar surface area (TPSA) is 227 Å². The van der Waals surface area contributed by atoms with E-state index in [1.165, 1.54) is 0 Å². The van der Waals surface area contributed by atoms with Crippen molar-refractivity contribution < 1.29 is 52.5 Å². The Morgan fingerprint density at radius 2 is 1.18 bits per heavy atom. The molecule has 18 heteroatoms. The maximum atomic E-state index is 11.9. The van der Waals surface area contributed by atoms with Crippen molar-refractivity contribution in [1.29, 1.82) is 0 Å². The van der Waals surface area contributed by atoms with Crippen LogP contribution in [0.3, 0.4) is 0 Å². The normalized spacial score (nSPS) is 18.4. The van der Waals surface area contributed by atoms with E-state index in [9.17, 15) is 43.5 Å². The summed E-state index contributed by atoms with van der Waals surface area (Å²) in [6, 6.07) is 0. The van der Waals surface area contributed by atoms with Gasteiger partial charge in [-0.2, -0.15) is 0 Å². The highest BCUT2D eigenvalue weighted by molar-refractivity contribution is 7.52. The minimum atomic E-state index is -5.03. The van der Waals surface area contributed by atoms with Gasteiger partial charge in [-0.05, 0) is 0 Å². The molecular formula is C10H17N4O11P3. The Bertz CT molecular complexity index is 793. The number of aliphatic hydroxyl groups excluding tert-OH is 2. The molecule has 4 atom stereocenters. The number of nitrogens with zero attached hydrogens (tertiary/aromatic N) is 4. The van der Waals surface area contributed by atoms with E-state index in [4.69, 9.17) is 0 Å². The Hall–Kier alpha value is -1.21. The van der Waals surface area contributed by atoms with E-state index in [2.05, 4.69) is 19.0 Å². The molecule has 158 valence electrons. The summed E-state index contributed by atoms with van der Waals surface area (Å²) in [5, 5.41) is 19.8. The lowest BCUT2D eigenvalue weighted by atomic mass is 10.6. The number of hydrogen-bond donors (Lipinski definition) is 6. The molecule has 0 saturated carbocycles. The zero-order chi connectivity index (χ0) is 21.1. The molecule has 0 aliphatic rings. The number of imidazole rings is 2. The van der Waals surface area contributed by atoms with E-state index in [1.807, 2.05) is 0 Å². The van der Waals surface area contributed by atoms with Gasteiger partial charge in [0, 0.05) is 24.8 Å². The molecule has 6 N–H and O–H groups in total. The molecule has 2 aromatic rings. The van der Waals surface area contributed by atoms with E-state index in [1.54, 1.807) is 0 Å². The summed E-state index contributed by atoms with van der Waals surface area (Å²) in [5.74, 6) is -4.06. The van der Waals surface area contributed by atoms with Crippen LogP contribution in [0.1, 0.15) is 11.6 Å². The Balaban J connectivity index is 2.11. The lowest BCUT2D eigenvalue weighted by molar-refractivity contribution is -0.0781. The number of rotatable bonds is 10. The Labute approximate surface area is 157 Å². The molecule has 0 aliphatic carbocycles. The predicted molar refractivity (Wildman–Crippen MR) is 89.8 cm³/mol. The van der Waals surface area contributed by atoms with Crippen molar-refractivity contribution in [2.45, 2.75) is 24.1 Å². The SMILES string of the molecule is O=[PH](OC(O)C(n1ccnc1)P(=O)(O)O)OC(O)C(n1ccnc1)P(=O)(O)O. The highest BCUT2D eigenvalue weighted by Gasteiger charge is 2.41. The minimum absolute atomic E-state index is 0.807. The van der Waals surface area contributed by atoms with E-state index >= 15 is 0 Å². The third-order valence-corrected chi connectivity index (χ3v) is 6.58. The van der Waals surface area contributed by atoms with Crippen LogP contribution in [0.4, 0.5) is 0 Å².